The molecule has 29 heavy (non-hydrogen) atoms. The number of amides is 5. The average molecular weight is 400 g/mol. The molecule has 2 aliphatic heterocycles. The van der Waals surface area contributed by atoms with E-state index in [0.717, 1.165) is 4.90 Å². The number of hydrogen-bond donors (Lipinski definition) is 2. The Bertz CT molecular complexity index is 914. The van der Waals surface area contributed by atoms with Gasteiger partial charge in [-0.3, -0.25) is 24.6 Å². The molecule has 2 heterocycles. The van der Waals surface area contributed by atoms with Crippen molar-refractivity contribution < 1.29 is 28.7 Å². The third kappa shape index (κ3) is 3.33. The number of benzene rings is 1. The molecule has 5 amide bonds. The van der Waals surface area contributed by atoms with Crippen molar-refractivity contribution in [3.63, 3.8) is 0 Å². The van der Waals surface area contributed by atoms with E-state index < -0.39 is 36.1 Å². The second-order valence-electron chi connectivity index (χ2n) is 6.55. The fourth-order valence-corrected chi connectivity index (χ4v) is 3.51. The number of rotatable bonds is 5. The van der Waals surface area contributed by atoms with Gasteiger partial charge in [0.05, 0.1) is 11.3 Å². The van der Waals surface area contributed by atoms with Gasteiger partial charge in [0.2, 0.25) is 11.6 Å². The summed E-state index contributed by atoms with van der Waals surface area (Å²) in [6.07, 6.45) is 1.50. The first-order valence-corrected chi connectivity index (χ1v) is 8.89. The third-order valence-electron chi connectivity index (χ3n) is 4.86. The summed E-state index contributed by atoms with van der Waals surface area (Å²) in [7, 11) is 1.41. The van der Waals surface area contributed by atoms with Crippen molar-refractivity contribution in [3.8, 4) is 0 Å². The number of carbonyl (C=O) groups excluding carboxylic acids is 5. The Morgan fingerprint density at radius 1 is 1.28 bits per heavy atom. The van der Waals surface area contributed by atoms with Gasteiger partial charge in [-0.05, 0) is 12.1 Å². The first-order chi connectivity index (χ1) is 13.8. The quantitative estimate of drug-likeness (QED) is 0.535. The van der Waals surface area contributed by atoms with Gasteiger partial charge in [0.25, 0.3) is 11.8 Å². The molecule has 1 aromatic rings. The molecule has 1 atom stereocenters. The fraction of sp³-hybridized carbons (Fsp3) is 0.316. The van der Waals surface area contributed by atoms with Crippen LogP contribution in [-0.4, -0.2) is 60.5 Å². The summed E-state index contributed by atoms with van der Waals surface area (Å²) in [5, 5.41) is 4.34. The van der Waals surface area contributed by atoms with Crippen LogP contribution in [0.15, 0.2) is 36.9 Å². The molecule has 0 spiro atoms. The lowest BCUT2D eigenvalue weighted by Crippen LogP contribution is -2.67. The van der Waals surface area contributed by atoms with E-state index in [0.29, 0.717) is 11.3 Å². The molecular formula is C19H20N4O6. The van der Waals surface area contributed by atoms with Gasteiger partial charge in [-0.25, -0.2) is 9.59 Å². The SMILES string of the molecule is C=CCNC(=O)NC(=O)COC(=O)[C@]12CCC(=O)N1c1ccccc1C(=O)N2C. The minimum atomic E-state index is -1.67. The summed E-state index contributed by atoms with van der Waals surface area (Å²) in [6, 6.07) is 5.72. The lowest BCUT2D eigenvalue weighted by molar-refractivity contribution is -0.159. The number of ether oxygens (including phenoxy) is 1. The maximum absolute atomic E-state index is 13.0. The van der Waals surface area contributed by atoms with Crippen molar-refractivity contribution in [3.05, 3.63) is 42.5 Å². The van der Waals surface area contributed by atoms with E-state index in [1.807, 2.05) is 5.32 Å². The molecule has 0 saturated carbocycles. The lowest BCUT2D eigenvalue weighted by Gasteiger charge is -2.46. The predicted molar refractivity (Wildman–Crippen MR) is 101 cm³/mol. The highest BCUT2D eigenvalue weighted by Gasteiger charge is 2.60. The number of imide groups is 1. The van der Waals surface area contributed by atoms with E-state index in [1.165, 1.54) is 18.0 Å². The van der Waals surface area contributed by atoms with Crippen molar-refractivity contribution in [2.75, 3.05) is 25.1 Å². The third-order valence-corrected chi connectivity index (χ3v) is 4.86. The van der Waals surface area contributed by atoms with Crippen LogP contribution in [-0.2, 0) is 19.1 Å². The van der Waals surface area contributed by atoms with Gasteiger partial charge in [0.15, 0.2) is 6.61 Å². The number of fused-ring (bicyclic) bond motifs is 3. The Morgan fingerprint density at radius 2 is 2.00 bits per heavy atom. The molecule has 1 fully saturated rings. The topological polar surface area (TPSA) is 125 Å². The number of hydrogen-bond acceptors (Lipinski definition) is 6. The van der Waals surface area contributed by atoms with E-state index in [-0.39, 0.29) is 25.3 Å². The zero-order valence-corrected chi connectivity index (χ0v) is 15.8. The molecule has 1 saturated heterocycles. The molecule has 10 heteroatoms. The van der Waals surface area contributed by atoms with E-state index in [1.54, 1.807) is 24.3 Å². The van der Waals surface area contributed by atoms with E-state index in [4.69, 9.17) is 4.74 Å². The van der Waals surface area contributed by atoms with Crippen LogP contribution in [0.25, 0.3) is 0 Å². The number of likely N-dealkylation sites (N-methyl/N-ethyl adjacent to an activating group) is 1. The van der Waals surface area contributed by atoms with E-state index in [9.17, 15) is 24.0 Å². The zero-order valence-electron chi connectivity index (χ0n) is 15.8. The molecule has 2 aliphatic rings. The average Bonchev–Trinajstić information content (AvgIpc) is 3.07. The van der Waals surface area contributed by atoms with Crippen LogP contribution in [0.4, 0.5) is 10.5 Å². The second kappa shape index (κ2) is 7.74. The Hall–Kier alpha value is -3.69. The number of urea groups is 1. The van der Waals surface area contributed by atoms with Gasteiger partial charge >= 0.3 is 12.0 Å². The fourth-order valence-electron chi connectivity index (χ4n) is 3.51. The molecular weight excluding hydrogens is 380 g/mol. The molecule has 0 bridgehead atoms. The van der Waals surface area contributed by atoms with Crippen LogP contribution >= 0.6 is 0 Å². The molecule has 152 valence electrons. The molecule has 10 nitrogen and oxygen atoms in total. The summed E-state index contributed by atoms with van der Waals surface area (Å²) < 4.78 is 5.10. The Labute approximate surface area is 166 Å². The Morgan fingerprint density at radius 3 is 2.72 bits per heavy atom. The van der Waals surface area contributed by atoms with Crippen LogP contribution < -0.4 is 15.5 Å². The predicted octanol–water partition coefficient (Wildman–Crippen LogP) is 0.150. The minimum absolute atomic E-state index is 0.0304. The summed E-state index contributed by atoms with van der Waals surface area (Å²) in [6.45, 7) is 2.84. The summed E-state index contributed by atoms with van der Waals surface area (Å²) >= 11 is 0. The van der Waals surface area contributed by atoms with Crippen molar-refractivity contribution in [1.29, 1.82) is 0 Å². The van der Waals surface area contributed by atoms with Crippen molar-refractivity contribution in [2.45, 2.75) is 18.5 Å². The van der Waals surface area contributed by atoms with E-state index in [2.05, 4.69) is 11.9 Å². The molecule has 0 aromatic heterocycles. The first-order valence-electron chi connectivity index (χ1n) is 8.89. The second-order valence-corrected chi connectivity index (χ2v) is 6.55. The van der Waals surface area contributed by atoms with Gasteiger partial charge < -0.3 is 15.0 Å². The molecule has 0 aliphatic carbocycles. The zero-order chi connectivity index (χ0) is 21.2. The molecule has 0 unspecified atom stereocenters. The highest BCUT2D eigenvalue weighted by Crippen LogP contribution is 2.44. The molecule has 0 radical (unpaired) electrons. The van der Waals surface area contributed by atoms with Gasteiger partial charge in [0.1, 0.15) is 0 Å². The smallest absolute Gasteiger partial charge is 0.354 e. The number of carbonyl (C=O) groups is 5. The highest BCUT2D eigenvalue weighted by atomic mass is 16.5. The lowest BCUT2D eigenvalue weighted by atomic mass is 9.97. The Balaban J connectivity index is 1.79. The van der Waals surface area contributed by atoms with Crippen LogP contribution in [0.2, 0.25) is 0 Å². The number of esters is 1. The van der Waals surface area contributed by atoms with Gasteiger partial charge in [0, 0.05) is 26.4 Å². The van der Waals surface area contributed by atoms with Crippen molar-refractivity contribution in [1.82, 2.24) is 15.5 Å². The van der Waals surface area contributed by atoms with Crippen molar-refractivity contribution >= 4 is 35.4 Å². The number of nitrogens with one attached hydrogen (secondary N) is 2. The summed E-state index contributed by atoms with van der Waals surface area (Å²) in [5.74, 6) is -2.54. The summed E-state index contributed by atoms with van der Waals surface area (Å²) in [4.78, 5) is 64.1. The maximum Gasteiger partial charge on any atom is 0.354 e. The van der Waals surface area contributed by atoms with Gasteiger partial charge in [-0.1, -0.05) is 18.2 Å². The van der Waals surface area contributed by atoms with Crippen LogP contribution in [0.1, 0.15) is 23.2 Å². The number of nitrogens with zero attached hydrogens (tertiary/aromatic N) is 2. The van der Waals surface area contributed by atoms with E-state index >= 15 is 0 Å². The number of para-hydroxylation sites is 1. The number of anilines is 1. The standard InChI is InChI=1S/C19H20N4O6/c1-3-10-20-18(28)21-14(24)11-29-17(27)19-9-8-15(25)23(19)13-7-5-4-6-12(13)16(26)22(19)2/h3-7H,1,8-11H2,2H3,(H2,20,21,24,28)/t19-/m0/s1. The summed E-state index contributed by atoms with van der Waals surface area (Å²) in [5.41, 5.74) is -1.05. The molecule has 3 rings (SSSR count). The van der Waals surface area contributed by atoms with Crippen molar-refractivity contribution in [2.24, 2.45) is 0 Å². The van der Waals surface area contributed by atoms with Crippen LogP contribution in [0.5, 0.6) is 0 Å². The normalized spacial score (nSPS) is 19.9. The van der Waals surface area contributed by atoms with Crippen LogP contribution in [0.3, 0.4) is 0 Å². The molecule has 2 N–H and O–H groups in total. The largest absolute Gasteiger partial charge is 0.452 e. The maximum atomic E-state index is 13.0. The Kier molecular flexibility index (Phi) is 5.35. The highest BCUT2D eigenvalue weighted by molar-refractivity contribution is 6.15. The van der Waals surface area contributed by atoms with Gasteiger partial charge in [-0.15, -0.1) is 6.58 Å². The minimum Gasteiger partial charge on any atom is -0.452 e. The molecule has 1 aromatic carbocycles. The first kappa shape index (κ1) is 20.1. The monoisotopic (exact) mass is 400 g/mol. The van der Waals surface area contributed by atoms with Gasteiger partial charge in [-0.2, -0.15) is 0 Å². The van der Waals surface area contributed by atoms with Crippen LogP contribution in [0, 0.1) is 0 Å².